The number of hydrogen-bond donors (Lipinski definition) is 2. The molecule has 0 aromatic heterocycles. The smallest absolute Gasteiger partial charge is 0.326 e. The summed E-state index contributed by atoms with van der Waals surface area (Å²) in [4.78, 5) is 24.5. The number of carboxylic acid groups (broad SMARTS) is 1. The molecule has 2 aliphatic rings. The molecule has 16 heavy (non-hydrogen) atoms. The highest BCUT2D eigenvalue weighted by atomic mass is 16.5. The summed E-state index contributed by atoms with van der Waals surface area (Å²) in [6.07, 6.45) is 1.27. The quantitative estimate of drug-likeness (QED) is 0.634. The maximum Gasteiger partial charge on any atom is 0.326 e. The summed E-state index contributed by atoms with van der Waals surface area (Å²) >= 11 is 0. The number of carbonyl (C=O) groups excluding carboxylic acids is 1. The Bertz CT molecular complexity index is 307. The summed E-state index contributed by atoms with van der Waals surface area (Å²) in [5.74, 6) is -1.48. The fourth-order valence-corrected chi connectivity index (χ4v) is 2.33. The fourth-order valence-electron chi connectivity index (χ4n) is 2.33. The van der Waals surface area contributed by atoms with Crippen molar-refractivity contribution in [3.05, 3.63) is 0 Å². The monoisotopic (exact) mass is 228 g/mol. The summed E-state index contributed by atoms with van der Waals surface area (Å²) in [6, 6.07) is -0.983. The van der Waals surface area contributed by atoms with Gasteiger partial charge in [-0.2, -0.15) is 0 Å². The van der Waals surface area contributed by atoms with E-state index in [1.165, 1.54) is 4.90 Å². The lowest BCUT2D eigenvalue weighted by Crippen LogP contribution is -2.47. The number of amides is 1. The Balaban J connectivity index is 2.06. The summed E-state index contributed by atoms with van der Waals surface area (Å²) < 4.78 is 5.13. The molecule has 6 nitrogen and oxygen atoms in total. The molecule has 0 aromatic rings. The third-order valence-corrected chi connectivity index (χ3v) is 3.26. The van der Waals surface area contributed by atoms with Crippen LogP contribution in [0, 0.1) is 5.92 Å². The van der Waals surface area contributed by atoms with Crippen LogP contribution in [-0.4, -0.2) is 53.7 Å². The second-order valence-corrected chi connectivity index (χ2v) is 4.34. The van der Waals surface area contributed by atoms with E-state index >= 15 is 0 Å². The Morgan fingerprint density at radius 1 is 1.38 bits per heavy atom. The van der Waals surface area contributed by atoms with Crippen LogP contribution in [0.5, 0.6) is 0 Å². The number of nitrogens with two attached hydrogens (primary N) is 1. The topological polar surface area (TPSA) is 92.9 Å². The van der Waals surface area contributed by atoms with E-state index in [2.05, 4.69) is 0 Å². The first-order valence-electron chi connectivity index (χ1n) is 5.48. The zero-order valence-electron chi connectivity index (χ0n) is 8.96. The summed E-state index contributed by atoms with van der Waals surface area (Å²) in [6.45, 7) is 1.20. The Labute approximate surface area is 93.3 Å². The predicted molar refractivity (Wildman–Crippen MR) is 54.7 cm³/mol. The van der Waals surface area contributed by atoms with Crippen molar-refractivity contribution in [1.29, 1.82) is 0 Å². The van der Waals surface area contributed by atoms with E-state index in [9.17, 15) is 9.59 Å². The standard InChI is InChI=1S/C10H16N2O4/c11-7-5-16-4-6(7)9(13)12-3-1-2-8(12)10(14)15/h6-8H,1-5,11H2,(H,14,15)/t6?,7?,8-/m0/s1. The number of carboxylic acids is 1. The van der Waals surface area contributed by atoms with Gasteiger partial charge in [0, 0.05) is 12.6 Å². The first-order valence-corrected chi connectivity index (χ1v) is 5.48. The molecule has 3 N–H and O–H groups in total. The maximum atomic E-state index is 12.1. The first-order chi connectivity index (χ1) is 7.61. The molecule has 6 heteroatoms. The number of nitrogens with zero attached hydrogens (tertiary/aromatic N) is 1. The van der Waals surface area contributed by atoms with Crippen LogP contribution in [-0.2, 0) is 14.3 Å². The molecule has 2 saturated heterocycles. The molecule has 0 aromatic carbocycles. The molecule has 1 amide bonds. The molecule has 90 valence electrons. The molecule has 0 bridgehead atoms. The molecule has 3 atom stereocenters. The first kappa shape index (κ1) is 11.3. The average molecular weight is 228 g/mol. The van der Waals surface area contributed by atoms with Gasteiger partial charge in [-0.25, -0.2) is 4.79 Å². The van der Waals surface area contributed by atoms with Crippen molar-refractivity contribution in [1.82, 2.24) is 4.90 Å². The van der Waals surface area contributed by atoms with Crippen LogP contribution in [0.2, 0.25) is 0 Å². The van der Waals surface area contributed by atoms with Gasteiger partial charge in [0.15, 0.2) is 0 Å². The van der Waals surface area contributed by atoms with E-state index in [-0.39, 0.29) is 17.9 Å². The number of ether oxygens (including phenoxy) is 1. The van der Waals surface area contributed by atoms with Crippen molar-refractivity contribution < 1.29 is 19.4 Å². The normalized spacial score (nSPS) is 34.3. The fraction of sp³-hybridized carbons (Fsp3) is 0.800. The Hall–Kier alpha value is -1.14. The second kappa shape index (κ2) is 4.39. The van der Waals surface area contributed by atoms with Gasteiger partial charge < -0.3 is 20.5 Å². The second-order valence-electron chi connectivity index (χ2n) is 4.34. The third kappa shape index (κ3) is 1.90. The highest BCUT2D eigenvalue weighted by Crippen LogP contribution is 2.23. The van der Waals surface area contributed by atoms with Gasteiger partial charge in [0.2, 0.25) is 5.91 Å². The lowest BCUT2D eigenvalue weighted by molar-refractivity contribution is -0.150. The van der Waals surface area contributed by atoms with Crippen LogP contribution >= 0.6 is 0 Å². The van der Waals surface area contributed by atoms with E-state index < -0.39 is 12.0 Å². The van der Waals surface area contributed by atoms with Crippen LogP contribution in [0.15, 0.2) is 0 Å². The van der Waals surface area contributed by atoms with Crippen molar-refractivity contribution in [3.8, 4) is 0 Å². The summed E-state index contributed by atoms with van der Waals surface area (Å²) in [5.41, 5.74) is 5.75. The molecule has 0 radical (unpaired) electrons. The van der Waals surface area contributed by atoms with E-state index in [4.69, 9.17) is 15.6 Å². The molecule has 2 unspecified atom stereocenters. The highest BCUT2D eigenvalue weighted by Gasteiger charge is 2.40. The van der Waals surface area contributed by atoms with Gasteiger partial charge in [-0.05, 0) is 12.8 Å². The van der Waals surface area contributed by atoms with Crippen LogP contribution in [0.25, 0.3) is 0 Å². The molecule has 2 heterocycles. The van der Waals surface area contributed by atoms with E-state index in [1.807, 2.05) is 0 Å². The van der Waals surface area contributed by atoms with Gasteiger partial charge >= 0.3 is 5.97 Å². The lowest BCUT2D eigenvalue weighted by Gasteiger charge is -2.25. The van der Waals surface area contributed by atoms with Crippen molar-refractivity contribution in [2.75, 3.05) is 19.8 Å². The highest BCUT2D eigenvalue weighted by molar-refractivity contribution is 5.86. The zero-order valence-corrected chi connectivity index (χ0v) is 8.96. The molecular formula is C10H16N2O4. The van der Waals surface area contributed by atoms with Gasteiger partial charge in [-0.3, -0.25) is 4.79 Å². The molecule has 0 aliphatic carbocycles. The number of carbonyl (C=O) groups is 2. The van der Waals surface area contributed by atoms with Crippen LogP contribution < -0.4 is 5.73 Å². The van der Waals surface area contributed by atoms with Gasteiger partial charge in [-0.1, -0.05) is 0 Å². The minimum absolute atomic E-state index is 0.171. The zero-order chi connectivity index (χ0) is 11.7. The van der Waals surface area contributed by atoms with Crippen LogP contribution in [0.1, 0.15) is 12.8 Å². The number of hydrogen-bond acceptors (Lipinski definition) is 4. The summed E-state index contributed by atoms with van der Waals surface area (Å²) in [5, 5.41) is 8.98. The molecule has 2 aliphatic heterocycles. The molecule has 0 spiro atoms. The molecule has 0 saturated carbocycles. The summed E-state index contributed by atoms with van der Waals surface area (Å²) in [7, 11) is 0. The third-order valence-electron chi connectivity index (χ3n) is 3.26. The van der Waals surface area contributed by atoms with Gasteiger partial charge in [0.05, 0.1) is 19.1 Å². The van der Waals surface area contributed by atoms with E-state index in [1.54, 1.807) is 0 Å². The van der Waals surface area contributed by atoms with Crippen molar-refractivity contribution in [2.45, 2.75) is 24.9 Å². The minimum atomic E-state index is -0.932. The Morgan fingerprint density at radius 2 is 2.12 bits per heavy atom. The van der Waals surface area contributed by atoms with Gasteiger partial charge in [0.25, 0.3) is 0 Å². The van der Waals surface area contributed by atoms with Crippen molar-refractivity contribution in [2.24, 2.45) is 11.7 Å². The largest absolute Gasteiger partial charge is 0.480 e. The van der Waals surface area contributed by atoms with Crippen LogP contribution in [0.3, 0.4) is 0 Å². The lowest BCUT2D eigenvalue weighted by atomic mass is 10.0. The molecule has 2 rings (SSSR count). The van der Waals surface area contributed by atoms with E-state index in [0.29, 0.717) is 26.2 Å². The molecule has 2 fully saturated rings. The Kier molecular flexibility index (Phi) is 3.11. The minimum Gasteiger partial charge on any atom is -0.480 e. The van der Waals surface area contributed by atoms with Crippen LogP contribution in [0.4, 0.5) is 0 Å². The van der Waals surface area contributed by atoms with E-state index in [0.717, 1.165) is 6.42 Å². The van der Waals surface area contributed by atoms with Gasteiger partial charge in [-0.15, -0.1) is 0 Å². The number of rotatable bonds is 2. The number of likely N-dealkylation sites (tertiary alicyclic amines) is 1. The van der Waals surface area contributed by atoms with Gasteiger partial charge in [0.1, 0.15) is 6.04 Å². The van der Waals surface area contributed by atoms with Crippen molar-refractivity contribution in [3.63, 3.8) is 0 Å². The predicted octanol–water partition coefficient (Wildman–Crippen LogP) is -0.964. The Morgan fingerprint density at radius 3 is 2.69 bits per heavy atom. The average Bonchev–Trinajstić information content (AvgIpc) is 2.84. The maximum absolute atomic E-state index is 12.1. The number of aliphatic carboxylic acids is 1. The van der Waals surface area contributed by atoms with Crippen molar-refractivity contribution >= 4 is 11.9 Å². The molecular weight excluding hydrogens is 212 g/mol. The SMILES string of the molecule is NC1COCC1C(=O)N1CCC[C@H]1C(=O)O.